The summed E-state index contributed by atoms with van der Waals surface area (Å²) in [5.74, 6) is -0.490. The third-order valence-corrected chi connectivity index (χ3v) is 5.14. The summed E-state index contributed by atoms with van der Waals surface area (Å²) in [4.78, 5) is 37.1. The Kier molecular flexibility index (Phi) is 5.47. The summed E-state index contributed by atoms with van der Waals surface area (Å²) in [6, 6.07) is 12.6. The SMILES string of the molecule is CCn1nc(C(=O)NNC(=O)COc2ccc3c(c2)CCC3)c2ccccc2c1=O. The van der Waals surface area contributed by atoms with Gasteiger partial charge in [0.2, 0.25) is 0 Å². The van der Waals surface area contributed by atoms with Gasteiger partial charge in [-0.15, -0.1) is 0 Å². The Balaban J connectivity index is 1.40. The maximum Gasteiger partial charge on any atom is 0.290 e. The van der Waals surface area contributed by atoms with Gasteiger partial charge in [-0.1, -0.05) is 24.3 Å². The van der Waals surface area contributed by atoms with Gasteiger partial charge >= 0.3 is 0 Å². The van der Waals surface area contributed by atoms with E-state index in [4.69, 9.17) is 4.74 Å². The van der Waals surface area contributed by atoms with E-state index in [-0.39, 0.29) is 17.9 Å². The van der Waals surface area contributed by atoms with Crippen LogP contribution in [0.15, 0.2) is 47.3 Å². The van der Waals surface area contributed by atoms with Crippen LogP contribution in [0.1, 0.15) is 35.0 Å². The van der Waals surface area contributed by atoms with Crippen molar-refractivity contribution in [3.05, 3.63) is 69.6 Å². The van der Waals surface area contributed by atoms with Crippen molar-refractivity contribution in [3.8, 4) is 5.75 Å². The molecular formula is C22H22N4O4. The van der Waals surface area contributed by atoms with E-state index in [0.29, 0.717) is 23.1 Å². The molecule has 0 aliphatic heterocycles. The number of aryl methyl sites for hydroxylation is 3. The molecule has 0 fully saturated rings. The molecule has 0 saturated heterocycles. The van der Waals surface area contributed by atoms with Crippen molar-refractivity contribution in [2.75, 3.05) is 6.61 Å². The second kappa shape index (κ2) is 8.36. The van der Waals surface area contributed by atoms with Crippen molar-refractivity contribution in [1.29, 1.82) is 0 Å². The van der Waals surface area contributed by atoms with Crippen molar-refractivity contribution < 1.29 is 14.3 Å². The third-order valence-electron chi connectivity index (χ3n) is 5.14. The van der Waals surface area contributed by atoms with Crippen LogP contribution in [0.25, 0.3) is 10.8 Å². The summed E-state index contributed by atoms with van der Waals surface area (Å²) in [5.41, 5.74) is 7.05. The molecule has 0 unspecified atom stereocenters. The van der Waals surface area contributed by atoms with Crippen LogP contribution in [0.2, 0.25) is 0 Å². The van der Waals surface area contributed by atoms with Crippen molar-refractivity contribution in [3.63, 3.8) is 0 Å². The lowest BCUT2D eigenvalue weighted by molar-refractivity contribution is -0.123. The van der Waals surface area contributed by atoms with Crippen LogP contribution in [0.4, 0.5) is 0 Å². The predicted molar refractivity (Wildman–Crippen MR) is 111 cm³/mol. The molecule has 2 amide bonds. The highest BCUT2D eigenvalue weighted by Gasteiger charge is 2.17. The van der Waals surface area contributed by atoms with Gasteiger partial charge in [-0.25, -0.2) is 4.68 Å². The second-order valence-electron chi connectivity index (χ2n) is 7.09. The summed E-state index contributed by atoms with van der Waals surface area (Å²) in [6.45, 7) is 1.86. The number of hydrogen-bond donors (Lipinski definition) is 2. The lowest BCUT2D eigenvalue weighted by Crippen LogP contribution is -2.44. The van der Waals surface area contributed by atoms with Crippen molar-refractivity contribution in [2.24, 2.45) is 0 Å². The fourth-order valence-corrected chi connectivity index (χ4v) is 3.63. The van der Waals surface area contributed by atoms with Crippen LogP contribution in [-0.4, -0.2) is 28.2 Å². The van der Waals surface area contributed by atoms with E-state index >= 15 is 0 Å². The number of rotatable bonds is 5. The van der Waals surface area contributed by atoms with Gasteiger partial charge in [-0.05, 0) is 55.5 Å². The van der Waals surface area contributed by atoms with Crippen molar-refractivity contribution in [2.45, 2.75) is 32.7 Å². The number of hydrogen-bond acceptors (Lipinski definition) is 5. The fourth-order valence-electron chi connectivity index (χ4n) is 3.63. The van der Waals surface area contributed by atoms with Gasteiger partial charge in [-0.3, -0.25) is 25.2 Å². The van der Waals surface area contributed by atoms with Crippen LogP contribution in [0.5, 0.6) is 5.75 Å². The van der Waals surface area contributed by atoms with Crippen LogP contribution in [0.3, 0.4) is 0 Å². The summed E-state index contributed by atoms with van der Waals surface area (Å²) >= 11 is 0. The number of ether oxygens (including phenoxy) is 1. The maximum atomic E-state index is 12.6. The highest BCUT2D eigenvalue weighted by molar-refractivity contribution is 6.05. The zero-order valence-corrected chi connectivity index (χ0v) is 16.6. The first kappa shape index (κ1) is 19.6. The van der Waals surface area contributed by atoms with E-state index in [1.54, 1.807) is 31.2 Å². The molecule has 8 nitrogen and oxygen atoms in total. The lowest BCUT2D eigenvalue weighted by atomic mass is 10.1. The smallest absolute Gasteiger partial charge is 0.290 e. The Morgan fingerprint density at radius 3 is 2.63 bits per heavy atom. The first-order valence-corrected chi connectivity index (χ1v) is 9.90. The summed E-state index contributed by atoms with van der Waals surface area (Å²) in [7, 11) is 0. The average molecular weight is 406 g/mol. The number of benzene rings is 2. The van der Waals surface area contributed by atoms with Gasteiger partial charge in [0.05, 0.1) is 5.39 Å². The second-order valence-corrected chi connectivity index (χ2v) is 7.09. The zero-order valence-electron chi connectivity index (χ0n) is 16.6. The largest absolute Gasteiger partial charge is 0.484 e. The van der Waals surface area contributed by atoms with Gasteiger partial charge in [-0.2, -0.15) is 5.10 Å². The van der Waals surface area contributed by atoms with Gasteiger partial charge in [0.15, 0.2) is 12.3 Å². The minimum atomic E-state index is -0.612. The van der Waals surface area contributed by atoms with Crippen LogP contribution >= 0.6 is 0 Å². The normalized spacial score (nSPS) is 12.4. The van der Waals surface area contributed by atoms with Crippen LogP contribution < -0.4 is 21.1 Å². The molecule has 2 N–H and O–H groups in total. The molecule has 0 bridgehead atoms. The molecule has 4 rings (SSSR count). The van der Waals surface area contributed by atoms with Gasteiger partial charge in [0.25, 0.3) is 17.4 Å². The average Bonchev–Trinajstić information content (AvgIpc) is 3.24. The number of hydrazine groups is 1. The quantitative estimate of drug-likeness (QED) is 0.629. The fraction of sp³-hybridized carbons (Fsp3) is 0.273. The molecule has 0 spiro atoms. The standard InChI is InChI=1S/C22H22N4O4/c1-2-26-22(29)18-9-4-3-8-17(18)20(25-26)21(28)24-23-19(27)13-30-16-11-10-14-6-5-7-15(14)12-16/h3-4,8-12H,2,5-7,13H2,1H3,(H,23,27)(H,24,28). The van der Waals surface area contributed by atoms with E-state index in [1.165, 1.54) is 15.8 Å². The highest BCUT2D eigenvalue weighted by atomic mass is 16.5. The van der Waals surface area contributed by atoms with E-state index < -0.39 is 11.8 Å². The van der Waals surface area contributed by atoms with Crippen LogP contribution in [0, 0.1) is 0 Å². The summed E-state index contributed by atoms with van der Waals surface area (Å²) in [5, 5.41) is 4.95. The summed E-state index contributed by atoms with van der Waals surface area (Å²) in [6.07, 6.45) is 3.24. The van der Waals surface area contributed by atoms with E-state index in [0.717, 1.165) is 19.3 Å². The van der Waals surface area contributed by atoms with E-state index in [2.05, 4.69) is 16.0 Å². The Labute approximate surface area is 172 Å². The molecule has 0 saturated carbocycles. The van der Waals surface area contributed by atoms with Gasteiger partial charge in [0.1, 0.15) is 5.75 Å². The molecule has 1 aromatic heterocycles. The van der Waals surface area contributed by atoms with Gasteiger partial charge in [0, 0.05) is 11.9 Å². The number of aromatic nitrogens is 2. The molecule has 2 aromatic carbocycles. The number of carbonyl (C=O) groups excluding carboxylic acids is 2. The Bertz CT molecular complexity index is 1190. The Morgan fingerprint density at radius 2 is 1.83 bits per heavy atom. The molecule has 8 heteroatoms. The zero-order chi connectivity index (χ0) is 21.1. The first-order valence-electron chi connectivity index (χ1n) is 9.90. The Hall–Kier alpha value is -3.68. The van der Waals surface area contributed by atoms with E-state index in [9.17, 15) is 14.4 Å². The lowest BCUT2D eigenvalue weighted by Gasteiger charge is -2.11. The predicted octanol–water partition coefficient (Wildman–Crippen LogP) is 1.75. The third kappa shape index (κ3) is 3.89. The number of fused-ring (bicyclic) bond motifs is 2. The molecule has 0 radical (unpaired) electrons. The maximum absolute atomic E-state index is 12.6. The number of nitrogens with zero attached hydrogens (tertiary/aromatic N) is 2. The molecule has 1 aliphatic carbocycles. The van der Waals surface area contributed by atoms with Crippen LogP contribution in [-0.2, 0) is 24.2 Å². The highest BCUT2D eigenvalue weighted by Crippen LogP contribution is 2.25. The topological polar surface area (TPSA) is 102 Å². The van der Waals surface area contributed by atoms with E-state index in [1.807, 2.05) is 18.2 Å². The van der Waals surface area contributed by atoms with Crippen molar-refractivity contribution >= 4 is 22.6 Å². The number of nitrogens with one attached hydrogen (secondary N) is 2. The molecule has 154 valence electrons. The summed E-state index contributed by atoms with van der Waals surface area (Å²) < 4.78 is 6.75. The minimum absolute atomic E-state index is 0.0619. The number of carbonyl (C=O) groups is 2. The van der Waals surface area contributed by atoms with Gasteiger partial charge < -0.3 is 4.74 Å². The number of amides is 2. The molecule has 3 aromatic rings. The monoisotopic (exact) mass is 406 g/mol. The Morgan fingerprint density at radius 1 is 1.07 bits per heavy atom. The molecule has 0 atom stereocenters. The molecule has 1 aliphatic rings. The molecule has 1 heterocycles. The minimum Gasteiger partial charge on any atom is -0.484 e. The molecular weight excluding hydrogens is 384 g/mol. The van der Waals surface area contributed by atoms with Crippen molar-refractivity contribution in [1.82, 2.24) is 20.6 Å². The molecule has 30 heavy (non-hydrogen) atoms. The first-order chi connectivity index (χ1) is 14.6.